The molecule has 0 spiro atoms. The molecule has 2 aromatic carbocycles. The Labute approximate surface area is 217 Å². The van der Waals surface area contributed by atoms with Crippen molar-refractivity contribution in [1.29, 1.82) is 0 Å². The first kappa shape index (κ1) is 23.9. The van der Waals surface area contributed by atoms with Gasteiger partial charge in [-0.05, 0) is 43.0 Å². The SMILES string of the molecule is O=C(CCc1cn(CN2CCN(C(=O)[C@@H]3COc4ccccc4O3)CC2)c2ccccc12)N1CCCC1. The summed E-state index contributed by atoms with van der Waals surface area (Å²) in [4.78, 5) is 32.0. The van der Waals surface area contributed by atoms with Crippen molar-refractivity contribution >= 4 is 22.7 Å². The molecule has 1 atom stereocenters. The first-order valence-electron chi connectivity index (χ1n) is 13.4. The first-order chi connectivity index (χ1) is 18.2. The van der Waals surface area contributed by atoms with Gasteiger partial charge in [0.2, 0.25) is 12.0 Å². The van der Waals surface area contributed by atoms with E-state index in [1.807, 2.05) is 34.1 Å². The van der Waals surface area contributed by atoms with Crippen molar-refractivity contribution in [3.8, 4) is 11.5 Å². The molecule has 0 aliphatic carbocycles. The van der Waals surface area contributed by atoms with E-state index in [2.05, 4.69) is 39.9 Å². The molecular formula is C29H34N4O4. The van der Waals surface area contributed by atoms with Gasteiger partial charge in [0.25, 0.3) is 5.91 Å². The zero-order valence-corrected chi connectivity index (χ0v) is 21.2. The van der Waals surface area contributed by atoms with Gasteiger partial charge in [-0.15, -0.1) is 0 Å². The Balaban J connectivity index is 1.06. The molecule has 0 radical (unpaired) electrons. The van der Waals surface area contributed by atoms with E-state index in [9.17, 15) is 9.59 Å². The van der Waals surface area contributed by atoms with E-state index in [1.54, 1.807) is 0 Å². The number of fused-ring (bicyclic) bond motifs is 2. The highest BCUT2D eigenvalue weighted by Gasteiger charge is 2.32. The van der Waals surface area contributed by atoms with Crippen molar-refractivity contribution in [2.45, 2.75) is 38.5 Å². The van der Waals surface area contributed by atoms with Crippen molar-refractivity contribution in [2.24, 2.45) is 0 Å². The highest BCUT2D eigenvalue weighted by atomic mass is 16.6. The predicted octanol–water partition coefficient (Wildman–Crippen LogP) is 3.14. The lowest BCUT2D eigenvalue weighted by Gasteiger charge is -2.37. The maximum Gasteiger partial charge on any atom is 0.267 e. The summed E-state index contributed by atoms with van der Waals surface area (Å²) in [6.45, 7) is 5.74. The van der Waals surface area contributed by atoms with E-state index >= 15 is 0 Å². The average Bonchev–Trinajstić information content (AvgIpc) is 3.61. The number of benzene rings is 2. The molecular weight excluding hydrogens is 468 g/mol. The first-order valence-corrected chi connectivity index (χ1v) is 13.4. The number of carbonyl (C=O) groups is 2. The number of aromatic nitrogens is 1. The number of rotatable bonds is 6. The summed E-state index contributed by atoms with van der Waals surface area (Å²) in [5.41, 5.74) is 2.42. The molecule has 6 rings (SSSR count). The molecule has 3 aromatic rings. The summed E-state index contributed by atoms with van der Waals surface area (Å²) in [5.74, 6) is 1.58. The quantitative estimate of drug-likeness (QED) is 0.518. The second-order valence-corrected chi connectivity index (χ2v) is 10.2. The second-order valence-electron chi connectivity index (χ2n) is 10.2. The Bertz CT molecular complexity index is 1270. The molecule has 0 saturated carbocycles. The van der Waals surface area contributed by atoms with Gasteiger partial charge in [-0.2, -0.15) is 0 Å². The van der Waals surface area contributed by atoms with Gasteiger partial charge in [0, 0.05) is 62.8 Å². The molecule has 1 aromatic heterocycles. The smallest absolute Gasteiger partial charge is 0.267 e. The zero-order chi connectivity index (χ0) is 25.2. The van der Waals surface area contributed by atoms with E-state index in [0.29, 0.717) is 31.0 Å². The molecule has 2 saturated heterocycles. The Morgan fingerprint density at radius 3 is 2.38 bits per heavy atom. The molecule has 194 valence electrons. The number of para-hydroxylation sites is 3. The van der Waals surface area contributed by atoms with Crippen LogP contribution in [-0.2, 0) is 22.7 Å². The Hall–Kier alpha value is -3.52. The number of hydrogen-bond donors (Lipinski definition) is 0. The van der Waals surface area contributed by atoms with Gasteiger partial charge in [0.05, 0.1) is 6.67 Å². The van der Waals surface area contributed by atoms with Gasteiger partial charge in [-0.1, -0.05) is 30.3 Å². The fourth-order valence-electron chi connectivity index (χ4n) is 5.68. The third kappa shape index (κ3) is 5.03. The van der Waals surface area contributed by atoms with Crippen molar-refractivity contribution in [1.82, 2.24) is 19.3 Å². The minimum atomic E-state index is -0.597. The normalized spacial score (nSPS) is 19.9. The number of hydrogen-bond acceptors (Lipinski definition) is 5. The number of piperazine rings is 1. The van der Waals surface area contributed by atoms with Crippen molar-refractivity contribution < 1.29 is 19.1 Å². The number of nitrogens with zero attached hydrogens (tertiary/aromatic N) is 4. The molecule has 2 fully saturated rings. The summed E-state index contributed by atoms with van der Waals surface area (Å²) in [7, 11) is 0. The van der Waals surface area contributed by atoms with Crippen LogP contribution in [-0.4, -0.2) is 83.1 Å². The van der Waals surface area contributed by atoms with Gasteiger partial charge in [-0.25, -0.2) is 0 Å². The lowest BCUT2D eigenvalue weighted by Crippen LogP contribution is -2.54. The van der Waals surface area contributed by atoms with Crippen LogP contribution >= 0.6 is 0 Å². The van der Waals surface area contributed by atoms with Crippen LogP contribution < -0.4 is 9.47 Å². The zero-order valence-electron chi connectivity index (χ0n) is 21.2. The largest absolute Gasteiger partial charge is 0.485 e. The molecule has 0 bridgehead atoms. The standard InChI is InChI=1S/C29H34N4O4/c34-28(31-13-5-6-14-31)12-11-22-19-33(24-8-2-1-7-23(22)24)21-30-15-17-32(18-16-30)29(35)27-20-36-25-9-3-4-10-26(25)37-27/h1-4,7-10,19,27H,5-6,11-18,20-21H2/t27-/m0/s1. The monoisotopic (exact) mass is 502 g/mol. The molecule has 0 unspecified atom stereocenters. The van der Waals surface area contributed by atoms with Crippen molar-refractivity contribution in [3.05, 3.63) is 60.3 Å². The average molecular weight is 503 g/mol. The molecule has 3 aliphatic heterocycles. The Kier molecular flexibility index (Phi) is 6.74. The van der Waals surface area contributed by atoms with Gasteiger partial charge < -0.3 is 23.8 Å². The van der Waals surface area contributed by atoms with Gasteiger partial charge in [-0.3, -0.25) is 14.5 Å². The summed E-state index contributed by atoms with van der Waals surface area (Å²) >= 11 is 0. The molecule has 8 nitrogen and oxygen atoms in total. The minimum Gasteiger partial charge on any atom is -0.485 e. The number of amides is 2. The number of ether oxygens (including phenoxy) is 2. The summed E-state index contributed by atoms with van der Waals surface area (Å²) in [5, 5.41) is 1.22. The van der Waals surface area contributed by atoms with Gasteiger partial charge in [0.1, 0.15) is 6.61 Å². The van der Waals surface area contributed by atoms with E-state index < -0.39 is 6.10 Å². The molecule has 0 N–H and O–H groups in total. The molecule has 8 heteroatoms. The van der Waals surface area contributed by atoms with Crippen LogP contribution in [0.4, 0.5) is 0 Å². The molecule has 3 aliphatic rings. The third-order valence-electron chi connectivity index (χ3n) is 7.76. The topological polar surface area (TPSA) is 67.2 Å². The summed E-state index contributed by atoms with van der Waals surface area (Å²) < 4.78 is 14.0. The maximum absolute atomic E-state index is 13.1. The van der Waals surface area contributed by atoms with Crippen LogP contribution in [0.15, 0.2) is 54.7 Å². The maximum atomic E-state index is 13.1. The van der Waals surface area contributed by atoms with Crippen molar-refractivity contribution in [3.63, 3.8) is 0 Å². The summed E-state index contributed by atoms with van der Waals surface area (Å²) in [6.07, 6.45) is 5.19. The minimum absolute atomic E-state index is 0.00878. The lowest BCUT2D eigenvalue weighted by molar-refractivity contribution is -0.143. The Morgan fingerprint density at radius 1 is 0.838 bits per heavy atom. The van der Waals surface area contributed by atoms with E-state index in [0.717, 1.165) is 52.1 Å². The van der Waals surface area contributed by atoms with E-state index in [4.69, 9.17) is 9.47 Å². The Morgan fingerprint density at radius 2 is 1.57 bits per heavy atom. The second kappa shape index (κ2) is 10.5. The van der Waals surface area contributed by atoms with Crippen LogP contribution in [0.3, 0.4) is 0 Å². The molecule has 2 amide bonds. The van der Waals surface area contributed by atoms with Crippen LogP contribution in [0, 0.1) is 0 Å². The van der Waals surface area contributed by atoms with Crippen LogP contribution in [0.2, 0.25) is 0 Å². The highest BCUT2D eigenvalue weighted by Crippen LogP contribution is 2.31. The van der Waals surface area contributed by atoms with Gasteiger partial charge in [0.15, 0.2) is 11.5 Å². The van der Waals surface area contributed by atoms with Crippen LogP contribution in [0.1, 0.15) is 24.8 Å². The van der Waals surface area contributed by atoms with Gasteiger partial charge >= 0.3 is 0 Å². The predicted molar refractivity (Wildman–Crippen MR) is 141 cm³/mol. The van der Waals surface area contributed by atoms with Crippen LogP contribution in [0.5, 0.6) is 11.5 Å². The number of carbonyl (C=O) groups excluding carboxylic acids is 2. The highest BCUT2D eigenvalue weighted by molar-refractivity contribution is 5.85. The molecule has 37 heavy (non-hydrogen) atoms. The lowest BCUT2D eigenvalue weighted by atomic mass is 10.1. The van der Waals surface area contributed by atoms with Crippen molar-refractivity contribution in [2.75, 3.05) is 45.9 Å². The number of aryl methyl sites for hydroxylation is 1. The third-order valence-corrected chi connectivity index (χ3v) is 7.76. The van der Waals surface area contributed by atoms with E-state index in [-0.39, 0.29) is 18.4 Å². The fourth-order valence-corrected chi connectivity index (χ4v) is 5.68. The van der Waals surface area contributed by atoms with Crippen LogP contribution in [0.25, 0.3) is 10.9 Å². The van der Waals surface area contributed by atoms with E-state index in [1.165, 1.54) is 16.5 Å². The summed E-state index contributed by atoms with van der Waals surface area (Å²) in [6, 6.07) is 15.9. The number of likely N-dealkylation sites (tertiary alicyclic amines) is 1. The fraction of sp³-hybridized carbons (Fsp3) is 0.448. The molecule has 4 heterocycles.